The molecule has 1 aromatic carbocycles. The van der Waals surface area contributed by atoms with Crippen LogP contribution in [0.1, 0.15) is 29.0 Å². The second kappa shape index (κ2) is 19.0. The Labute approximate surface area is 343 Å². The van der Waals surface area contributed by atoms with E-state index in [0.29, 0.717) is 91.9 Å². The molecule has 2 aliphatic rings. The van der Waals surface area contributed by atoms with E-state index >= 15 is 0 Å². The number of aromatic nitrogens is 3. The molecule has 2 aliphatic heterocycles. The van der Waals surface area contributed by atoms with Crippen LogP contribution in [0.2, 0.25) is 10.0 Å². The lowest BCUT2D eigenvalue weighted by Crippen LogP contribution is -2.51. The first-order chi connectivity index (χ1) is 27.4. The predicted octanol–water partition coefficient (Wildman–Crippen LogP) is 3.30. The summed E-state index contributed by atoms with van der Waals surface area (Å²) < 4.78 is 1.54. The lowest BCUT2D eigenvalue weighted by Gasteiger charge is -2.33. The van der Waals surface area contributed by atoms with Gasteiger partial charge >= 0.3 is 0 Å². The molecule has 0 radical (unpaired) electrons. The summed E-state index contributed by atoms with van der Waals surface area (Å²) >= 11 is 14.5. The van der Waals surface area contributed by atoms with E-state index in [9.17, 15) is 29.1 Å². The molecule has 18 heteroatoms. The SMILES string of the molecule is CN(C)CC=CC(=O)N1CCN(c2ccc(/C=C/C(=O)NCCCCNC(=O)Cn3ccc(-c4cc(Cl)c(Cl)c5[nH]c6c(c45)CN(C(=O)CO)CC6)n3)s2)C(=O)C1. The van der Waals surface area contributed by atoms with Crippen LogP contribution in [0.25, 0.3) is 28.2 Å². The summed E-state index contributed by atoms with van der Waals surface area (Å²) in [7, 11) is 3.83. The number of halogens is 2. The number of carbonyl (C=O) groups excluding carboxylic acids is 5. The molecule has 4 aromatic rings. The molecule has 0 saturated carbocycles. The van der Waals surface area contributed by atoms with E-state index in [-0.39, 0.29) is 42.6 Å². The predicted molar refractivity (Wildman–Crippen MR) is 221 cm³/mol. The van der Waals surface area contributed by atoms with Gasteiger partial charge in [0.05, 0.1) is 26.3 Å². The summed E-state index contributed by atoms with van der Waals surface area (Å²) in [6.45, 7) is 2.59. The van der Waals surface area contributed by atoms with Crippen LogP contribution in [0, 0.1) is 0 Å². The first-order valence-electron chi connectivity index (χ1n) is 18.6. The quantitative estimate of drug-likeness (QED) is 0.104. The van der Waals surface area contributed by atoms with Gasteiger partial charge in [-0.05, 0) is 57.3 Å². The Morgan fingerprint density at radius 3 is 2.56 bits per heavy atom. The van der Waals surface area contributed by atoms with Crippen LogP contribution in [-0.4, -0.2) is 131 Å². The van der Waals surface area contributed by atoms with Gasteiger partial charge in [-0.2, -0.15) is 5.10 Å². The van der Waals surface area contributed by atoms with Crippen molar-refractivity contribution < 1.29 is 29.1 Å². The minimum atomic E-state index is -0.565. The molecule has 15 nitrogen and oxygen atoms in total. The third-order valence-electron chi connectivity index (χ3n) is 9.62. The summed E-state index contributed by atoms with van der Waals surface area (Å²) in [6, 6.07) is 7.22. The molecule has 0 unspecified atom stereocenters. The number of hydrogen-bond donors (Lipinski definition) is 4. The number of anilines is 1. The van der Waals surface area contributed by atoms with Crippen LogP contribution < -0.4 is 15.5 Å². The van der Waals surface area contributed by atoms with Crippen molar-refractivity contribution in [2.45, 2.75) is 32.4 Å². The highest BCUT2D eigenvalue weighted by atomic mass is 35.5. The number of amides is 5. The van der Waals surface area contributed by atoms with Crippen molar-refractivity contribution >= 4 is 86.1 Å². The van der Waals surface area contributed by atoms with E-state index in [2.05, 4.69) is 20.7 Å². The molecule has 1 fully saturated rings. The number of nitrogens with zero attached hydrogens (tertiary/aromatic N) is 6. The summed E-state index contributed by atoms with van der Waals surface area (Å²) in [6.07, 6.45) is 10.0. The third-order valence-corrected chi connectivity index (χ3v) is 11.5. The zero-order valence-corrected chi connectivity index (χ0v) is 34.1. The maximum absolute atomic E-state index is 12.8. The highest BCUT2D eigenvalue weighted by molar-refractivity contribution is 7.17. The first kappa shape index (κ1) is 41.6. The standard InChI is InChI=1S/C39H45Cl2N9O6S/c1-46(2)15-5-6-33(54)48-18-19-50(34(55)23-48)36-10-8-25(57-36)7-9-31(52)42-13-3-4-14-43-32(53)22-49-17-12-30(45-49)26-20-28(40)38(41)39-37(26)27-21-47(35(56)24-51)16-11-29(27)44-39/h5-10,12,17,20,44,51H,3-4,11,13-16,18-19,21-24H2,1-2H3,(H,42,52)(H,43,53)/b6-5?,9-7+. The molecule has 0 bridgehead atoms. The molecule has 1 saturated heterocycles. The second-order valence-corrected chi connectivity index (χ2v) is 15.9. The topological polar surface area (TPSA) is 176 Å². The largest absolute Gasteiger partial charge is 0.387 e. The third kappa shape index (κ3) is 10.3. The second-order valence-electron chi connectivity index (χ2n) is 14.0. The Morgan fingerprint density at radius 1 is 1.02 bits per heavy atom. The number of hydrogen-bond acceptors (Lipinski definition) is 9. The first-order valence-corrected chi connectivity index (χ1v) is 20.2. The van der Waals surface area contributed by atoms with Crippen molar-refractivity contribution in [3.8, 4) is 11.3 Å². The Hall–Kier alpha value is -5.00. The minimum Gasteiger partial charge on any atom is -0.387 e. The van der Waals surface area contributed by atoms with E-state index in [1.165, 1.54) is 28.2 Å². The molecular weight excluding hydrogens is 793 g/mol. The maximum Gasteiger partial charge on any atom is 0.248 e. The van der Waals surface area contributed by atoms with Gasteiger partial charge in [0.1, 0.15) is 19.7 Å². The van der Waals surface area contributed by atoms with E-state index in [1.807, 2.05) is 31.1 Å². The number of rotatable bonds is 15. The van der Waals surface area contributed by atoms with Crippen molar-refractivity contribution in [1.29, 1.82) is 0 Å². The number of aliphatic hydroxyl groups excluding tert-OH is 1. The fourth-order valence-corrected chi connectivity index (χ4v) is 8.05. The van der Waals surface area contributed by atoms with Gasteiger partial charge in [-0.3, -0.25) is 28.7 Å². The molecule has 0 aliphatic carbocycles. The molecule has 5 heterocycles. The highest BCUT2D eigenvalue weighted by Crippen LogP contribution is 2.42. The van der Waals surface area contributed by atoms with Gasteiger partial charge in [0.2, 0.25) is 29.5 Å². The van der Waals surface area contributed by atoms with Crippen LogP contribution in [0.4, 0.5) is 5.00 Å². The van der Waals surface area contributed by atoms with Crippen molar-refractivity contribution in [3.63, 3.8) is 0 Å². The smallest absolute Gasteiger partial charge is 0.248 e. The number of benzene rings is 1. The van der Waals surface area contributed by atoms with E-state index in [4.69, 9.17) is 23.2 Å². The van der Waals surface area contributed by atoms with E-state index in [0.717, 1.165) is 26.5 Å². The Kier molecular flexibility index (Phi) is 13.8. The number of thiophene rings is 1. The van der Waals surface area contributed by atoms with Gasteiger partial charge in [0.15, 0.2) is 0 Å². The average Bonchev–Trinajstić information content (AvgIpc) is 3.95. The number of aliphatic hydroxyl groups is 1. The molecule has 0 spiro atoms. The van der Waals surface area contributed by atoms with Crippen LogP contribution in [0.15, 0.2) is 48.7 Å². The number of piperazine rings is 1. The molecule has 302 valence electrons. The van der Waals surface area contributed by atoms with Gasteiger partial charge in [-0.15, -0.1) is 11.3 Å². The monoisotopic (exact) mass is 837 g/mol. The number of carbonyl (C=O) groups is 5. The van der Waals surface area contributed by atoms with Crippen molar-refractivity contribution in [1.82, 2.24) is 40.1 Å². The number of likely N-dealkylation sites (N-methyl/N-ethyl adjacent to an activating group) is 1. The highest BCUT2D eigenvalue weighted by Gasteiger charge is 2.29. The van der Waals surface area contributed by atoms with Gasteiger partial charge in [-0.1, -0.05) is 29.3 Å². The van der Waals surface area contributed by atoms with Crippen LogP contribution >= 0.6 is 34.5 Å². The fraction of sp³-hybridized carbons (Fsp3) is 0.385. The molecule has 0 atom stereocenters. The number of aromatic amines is 1. The number of fused-ring (bicyclic) bond motifs is 3. The molecule has 5 amide bonds. The molecule has 4 N–H and O–H groups in total. The van der Waals surface area contributed by atoms with Crippen LogP contribution in [0.3, 0.4) is 0 Å². The Morgan fingerprint density at radius 2 is 1.81 bits per heavy atom. The maximum atomic E-state index is 12.8. The zero-order valence-electron chi connectivity index (χ0n) is 31.7. The Bertz CT molecular complexity index is 2210. The van der Waals surface area contributed by atoms with Crippen molar-refractivity contribution in [3.05, 3.63) is 74.9 Å². The average molecular weight is 839 g/mol. The van der Waals surface area contributed by atoms with Crippen LogP contribution in [-0.2, 0) is 43.5 Å². The van der Waals surface area contributed by atoms with Crippen LogP contribution in [0.5, 0.6) is 0 Å². The molecule has 57 heavy (non-hydrogen) atoms. The summed E-state index contributed by atoms with van der Waals surface area (Å²) in [5.74, 6) is -1.14. The molecular formula is C39H45Cl2N9O6S. The van der Waals surface area contributed by atoms with E-state index in [1.54, 1.807) is 45.2 Å². The van der Waals surface area contributed by atoms with Gasteiger partial charge in [-0.25, -0.2) is 0 Å². The molecule has 3 aromatic heterocycles. The minimum absolute atomic E-state index is 0.000608. The van der Waals surface area contributed by atoms with Gasteiger partial charge < -0.3 is 40.3 Å². The number of nitrogens with one attached hydrogen (secondary N) is 3. The van der Waals surface area contributed by atoms with E-state index < -0.39 is 6.61 Å². The summed E-state index contributed by atoms with van der Waals surface area (Å²) in [5.41, 5.74) is 3.79. The summed E-state index contributed by atoms with van der Waals surface area (Å²) in [5, 5.41) is 22.1. The zero-order chi connectivity index (χ0) is 40.6. The van der Waals surface area contributed by atoms with Gasteiger partial charge in [0.25, 0.3) is 0 Å². The molecule has 6 rings (SSSR count). The summed E-state index contributed by atoms with van der Waals surface area (Å²) in [4.78, 5) is 73.6. The lowest BCUT2D eigenvalue weighted by atomic mass is 9.99. The lowest BCUT2D eigenvalue weighted by molar-refractivity contribution is -0.135. The normalized spacial score (nSPS) is 14.7. The number of H-pyrrole nitrogens is 1. The van der Waals surface area contributed by atoms with Gasteiger partial charge in [0, 0.05) is 97.7 Å². The fourth-order valence-electron chi connectivity index (χ4n) is 6.70. The van der Waals surface area contributed by atoms with Crippen molar-refractivity contribution in [2.24, 2.45) is 0 Å². The Balaban J connectivity index is 0.915. The number of unbranched alkanes of at least 4 members (excludes halogenated alkanes) is 1. The van der Waals surface area contributed by atoms with Crippen molar-refractivity contribution in [2.75, 3.05) is 71.4 Å².